The minimum Gasteiger partial charge on any atom is -0.506 e. The second kappa shape index (κ2) is 2.57. The van der Waals surface area contributed by atoms with E-state index in [0.717, 1.165) is 0 Å². The van der Waals surface area contributed by atoms with Crippen molar-refractivity contribution in [1.82, 2.24) is 9.97 Å². The third kappa shape index (κ3) is 1.01. The number of phenols is 1. The Hall–Kier alpha value is -2.37. The van der Waals surface area contributed by atoms with E-state index < -0.39 is 6.03 Å². The summed E-state index contributed by atoms with van der Waals surface area (Å²) in [4.78, 5) is 26.1. The first-order chi connectivity index (χ1) is 7.25. The number of benzene rings is 1. The maximum absolute atomic E-state index is 11.0. The third-order valence-corrected chi connectivity index (χ3v) is 2.14. The third-order valence-electron chi connectivity index (χ3n) is 2.14. The van der Waals surface area contributed by atoms with E-state index in [1.54, 1.807) is 6.20 Å². The Morgan fingerprint density at radius 3 is 2.87 bits per heavy atom. The normalized spacial score (nSPS) is 13.5. The van der Waals surface area contributed by atoms with Gasteiger partial charge in [0.2, 0.25) is 0 Å². The molecule has 0 radical (unpaired) electrons. The molecular formula is C9H4N4O2. The van der Waals surface area contributed by atoms with E-state index in [-0.39, 0.29) is 11.1 Å². The second-order valence-electron chi connectivity index (χ2n) is 3.06. The predicted octanol–water partition coefficient (Wildman–Crippen LogP) is -0.292. The molecule has 0 unspecified atom stereocenters. The maximum atomic E-state index is 11.0. The van der Waals surface area contributed by atoms with Crippen LogP contribution in [0.1, 0.15) is 0 Å². The summed E-state index contributed by atoms with van der Waals surface area (Å²) in [6.07, 6.45) is 2.90. The van der Waals surface area contributed by atoms with Gasteiger partial charge in [-0.3, -0.25) is 0 Å². The Bertz CT molecular complexity index is 708. The molecule has 3 rings (SSSR count). The standard InChI is InChI=1S/C9H4N4O2/c14-5-1-4-2-10-3-11-6(4)8-7(5)12-9(15)13-8/h1-3,14H. The minimum absolute atomic E-state index is 0.0816. The molecule has 1 aliphatic heterocycles. The summed E-state index contributed by atoms with van der Waals surface area (Å²) in [5, 5.41) is 10.7. The fourth-order valence-electron chi connectivity index (χ4n) is 1.53. The summed E-state index contributed by atoms with van der Waals surface area (Å²) in [5.74, 6) is -0.0816. The van der Waals surface area contributed by atoms with Gasteiger partial charge in [0.15, 0.2) is 0 Å². The Morgan fingerprint density at radius 2 is 2.00 bits per heavy atom. The number of hydrogen-bond acceptors (Lipinski definition) is 4. The smallest absolute Gasteiger partial charge is 0.368 e. The number of urea groups is 1. The quantitative estimate of drug-likeness (QED) is 0.632. The zero-order valence-corrected chi connectivity index (χ0v) is 7.38. The summed E-state index contributed by atoms with van der Waals surface area (Å²) < 4.78 is 0. The molecule has 2 heterocycles. The van der Waals surface area contributed by atoms with Crippen LogP contribution in [0.5, 0.6) is 5.75 Å². The van der Waals surface area contributed by atoms with Crippen molar-refractivity contribution in [2.45, 2.75) is 0 Å². The summed E-state index contributed by atoms with van der Waals surface area (Å²) in [6, 6.07) is 0.845. The number of carbonyl (C=O) groups is 1. The van der Waals surface area contributed by atoms with Crippen LogP contribution in [0.2, 0.25) is 0 Å². The molecule has 0 spiro atoms. The van der Waals surface area contributed by atoms with Crippen molar-refractivity contribution in [3.05, 3.63) is 29.3 Å². The molecule has 6 heteroatoms. The SMILES string of the molecule is O=C1N=c2c(O)cc3cncnc3c2=N1. The molecule has 1 aromatic heterocycles. The predicted molar refractivity (Wildman–Crippen MR) is 48.9 cm³/mol. The van der Waals surface area contributed by atoms with Crippen LogP contribution in [0.25, 0.3) is 10.9 Å². The van der Waals surface area contributed by atoms with Crippen molar-refractivity contribution in [2.24, 2.45) is 9.98 Å². The minimum atomic E-state index is -0.619. The number of fused-ring (bicyclic) bond motifs is 3. The molecule has 2 amide bonds. The van der Waals surface area contributed by atoms with Gasteiger partial charge in [-0.1, -0.05) is 0 Å². The molecule has 1 aromatic carbocycles. The summed E-state index contributed by atoms with van der Waals surface area (Å²) >= 11 is 0. The van der Waals surface area contributed by atoms with Crippen LogP contribution in [-0.2, 0) is 0 Å². The molecule has 1 aliphatic rings. The largest absolute Gasteiger partial charge is 0.506 e. The van der Waals surface area contributed by atoms with Crippen molar-refractivity contribution >= 4 is 16.9 Å². The number of amides is 2. The molecule has 0 atom stereocenters. The Balaban J connectivity index is 2.67. The molecule has 0 bridgehead atoms. The lowest BCUT2D eigenvalue weighted by molar-refractivity contribution is 0.256. The van der Waals surface area contributed by atoms with Crippen LogP contribution in [0, 0.1) is 0 Å². The van der Waals surface area contributed by atoms with Gasteiger partial charge in [0.05, 0.1) is 0 Å². The number of nitrogens with zero attached hydrogens (tertiary/aromatic N) is 4. The van der Waals surface area contributed by atoms with E-state index >= 15 is 0 Å². The molecule has 15 heavy (non-hydrogen) atoms. The Labute approximate surface area is 82.7 Å². The number of phenolic OH excluding ortho intramolecular Hbond substituents is 1. The number of carbonyl (C=O) groups excluding carboxylic acids is 1. The highest BCUT2D eigenvalue weighted by atomic mass is 16.3. The average Bonchev–Trinajstić information content (AvgIpc) is 2.61. The van der Waals surface area contributed by atoms with Gasteiger partial charge >= 0.3 is 6.03 Å². The van der Waals surface area contributed by atoms with Crippen LogP contribution in [0.4, 0.5) is 4.79 Å². The zero-order valence-electron chi connectivity index (χ0n) is 7.38. The van der Waals surface area contributed by atoms with Crippen LogP contribution < -0.4 is 10.7 Å². The van der Waals surface area contributed by atoms with Crippen molar-refractivity contribution in [1.29, 1.82) is 0 Å². The van der Waals surface area contributed by atoms with Gasteiger partial charge in [-0.05, 0) is 6.07 Å². The number of aromatic nitrogens is 2. The Morgan fingerprint density at radius 1 is 1.20 bits per heavy atom. The monoisotopic (exact) mass is 200 g/mol. The fraction of sp³-hybridized carbons (Fsp3) is 0. The molecule has 0 fully saturated rings. The van der Waals surface area contributed by atoms with Gasteiger partial charge in [-0.25, -0.2) is 14.8 Å². The summed E-state index contributed by atoms with van der Waals surface area (Å²) in [5.41, 5.74) is 0.521. The first-order valence-corrected chi connectivity index (χ1v) is 4.19. The first-order valence-electron chi connectivity index (χ1n) is 4.19. The van der Waals surface area contributed by atoms with Gasteiger partial charge in [0.1, 0.15) is 28.3 Å². The van der Waals surface area contributed by atoms with Gasteiger partial charge in [0, 0.05) is 11.6 Å². The van der Waals surface area contributed by atoms with Crippen molar-refractivity contribution < 1.29 is 9.90 Å². The van der Waals surface area contributed by atoms with E-state index in [1.165, 1.54) is 12.4 Å². The lowest BCUT2D eigenvalue weighted by Gasteiger charge is -1.95. The van der Waals surface area contributed by atoms with Gasteiger partial charge in [-0.2, -0.15) is 9.98 Å². The summed E-state index contributed by atoms with van der Waals surface area (Å²) in [6.45, 7) is 0. The van der Waals surface area contributed by atoms with E-state index in [0.29, 0.717) is 16.3 Å². The second-order valence-corrected chi connectivity index (χ2v) is 3.06. The lowest BCUT2D eigenvalue weighted by atomic mass is 10.2. The molecule has 0 aliphatic carbocycles. The van der Waals surface area contributed by atoms with Gasteiger partial charge < -0.3 is 5.11 Å². The molecule has 2 aromatic rings. The van der Waals surface area contributed by atoms with Crippen LogP contribution in [0.3, 0.4) is 0 Å². The number of rotatable bonds is 0. The van der Waals surface area contributed by atoms with E-state index in [4.69, 9.17) is 0 Å². The van der Waals surface area contributed by atoms with Crippen molar-refractivity contribution in [3.63, 3.8) is 0 Å². The number of aromatic hydroxyl groups is 1. The summed E-state index contributed by atoms with van der Waals surface area (Å²) in [7, 11) is 0. The van der Waals surface area contributed by atoms with Crippen molar-refractivity contribution in [2.75, 3.05) is 0 Å². The van der Waals surface area contributed by atoms with E-state index in [9.17, 15) is 9.90 Å². The van der Waals surface area contributed by atoms with Gasteiger partial charge in [0.25, 0.3) is 0 Å². The first kappa shape index (κ1) is 7.98. The van der Waals surface area contributed by atoms with Crippen LogP contribution in [-0.4, -0.2) is 21.1 Å². The molecule has 72 valence electrons. The molecular weight excluding hydrogens is 196 g/mol. The van der Waals surface area contributed by atoms with Crippen molar-refractivity contribution in [3.8, 4) is 5.75 Å². The highest BCUT2D eigenvalue weighted by Crippen LogP contribution is 2.10. The highest BCUT2D eigenvalue weighted by molar-refractivity contribution is 5.84. The zero-order chi connectivity index (χ0) is 10.4. The molecule has 1 N–H and O–H groups in total. The Kier molecular flexibility index (Phi) is 1.37. The topological polar surface area (TPSA) is 87.8 Å². The van der Waals surface area contributed by atoms with E-state index in [2.05, 4.69) is 20.0 Å². The average molecular weight is 200 g/mol. The van der Waals surface area contributed by atoms with Crippen LogP contribution in [0.15, 0.2) is 28.6 Å². The fourth-order valence-corrected chi connectivity index (χ4v) is 1.53. The lowest BCUT2D eigenvalue weighted by Crippen LogP contribution is -2.23. The molecule has 0 saturated heterocycles. The van der Waals surface area contributed by atoms with Crippen LogP contribution >= 0.6 is 0 Å². The van der Waals surface area contributed by atoms with E-state index in [1.807, 2.05) is 0 Å². The van der Waals surface area contributed by atoms with Gasteiger partial charge in [-0.15, -0.1) is 0 Å². The maximum Gasteiger partial charge on any atom is 0.368 e. The molecule has 0 saturated carbocycles. The number of hydrogen-bond donors (Lipinski definition) is 1. The molecule has 6 nitrogen and oxygen atoms in total. The highest BCUT2D eigenvalue weighted by Gasteiger charge is 2.13.